The summed E-state index contributed by atoms with van der Waals surface area (Å²) < 4.78 is 0. The van der Waals surface area contributed by atoms with Crippen LogP contribution in [0.1, 0.15) is 58.9 Å². The van der Waals surface area contributed by atoms with Crippen molar-refractivity contribution >= 4 is 17.5 Å². The van der Waals surface area contributed by atoms with Crippen molar-refractivity contribution in [2.75, 3.05) is 11.9 Å². The van der Waals surface area contributed by atoms with Crippen molar-refractivity contribution in [1.29, 1.82) is 0 Å². The van der Waals surface area contributed by atoms with E-state index in [4.69, 9.17) is 0 Å². The van der Waals surface area contributed by atoms with Gasteiger partial charge in [0.15, 0.2) is 0 Å². The van der Waals surface area contributed by atoms with Crippen molar-refractivity contribution in [3.8, 4) is 0 Å². The fraction of sp³-hybridized carbons (Fsp3) is 0.556. The van der Waals surface area contributed by atoms with Crippen molar-refractivity contribution in [2.24, 2.45) is 0 Å². The summed E-state index contributed by atoms with van der Waals surface area (Å²) in [6.45, 7) is 10.3. The Balaban J connectivity index is 2.53. The maximum Gasteiger partial charge on any atom is 0.226 e. The molecular weight excluding hydrogens is 276 g/mol. The van der Waals surface area contributed by atoms with Crippen LogP contribution in [0.2, 0.25) is 0 Å². The second kappa shape index (κ2) is 8.57. The molecule has 0 fully saturated rings. The van der Waals surface area contributed by atoms with Crippen LogP contribution in [0.15, 0.2) is 24.3 Å². The average Bonchev–Trinajstić information content (AvgIpc) is 2.47. The van der Waals surface area contributed by atoms with Gasteiger partial charge in [0.2, 0.25) is 11.8 Å². The van der Waals surface area contributed by atoms with Crippen LogP contribution < -0.4 is 5.32 Å². The summed E-state index contributed by atoms with van der Waals surface area (Å²) in [5.41, 5.74) is 2.05. The molecule has 0 heterocycles. The lowest BCUT2D eigenvalue weighted by atomic mass is 10.0. The van der Waals surface area contributed by atoms with Gasteiger partial charge < -0.3 is 10.2 Å². The highest BCUT2D eigenvalue weighted by atomic mass is 16.2. The number of amides is 2. The van der Waals surface area contributed by atoms with Crippen LogP contribution in [-0.4, -0.2) is 29.3 Å². The Morgan fingerprint density at radius 1 is 1.14 bits per heavy atom. The van der Waals surface area contributed by atoms with E-state index in [1.165, 1.54) is 5.56 Å². The lowest BCUT2D eigenvalue weighted by Crippen LogP contribution is -2.38. The van der Waals surface area contributed by atoms with E-state index in [0.717, 1.165) is 12.1 Å². The van der Waals surface area contributed by atoms with Gasteiger partial charge in [0.05, 0.1) is 0 Å². The Hall–Kier alpha value is -1.84. The summed E-state index contributed by atoms with van der Waals surface area (Å²) in [5.74, 6) is 0.430. The minimum absolute atomic E-state index is 0.0171. The molecule has 1 aromatic carbocycles. The zero-order valence-electron chi connectivity index (χ0n) is 14.3. The van der Waals surface area contributed by atoms with Crippen molar-refractivity contribution in [3.05, 3.63) is 29.8 Å². The van der Waals surface area contributed by atoms with Gasteiger partial charge in [0, 0.05) is 31.6 Å². The molecule has 1 N–H and O–H groups in total. The molecule has 2 amide bonds. The van der Waals surface area contributed by atoms with Gasteiger partial charge in [-0.3, -0.25) is 9.59 Å². The van der Waals surface area contributed by atoms with Gasteiger partial charge in [-0.25, -0.2) is 0 Å². The second-order valence-electron chi connectivity index (χ2n) is 6.04. The lowest BCUT2D eigenvalue weighted by Gasteiger charge is -2.27. The summed E-state index contributed by atoms with van der Waals surface area (Å²) in [4.78, 5) is 25.4. The molecule has 22 heavy (non-hydrogen) atoms. The maximum absolute atomic E-state index is 12.0. The van der Waals surface area contributed by atoms with Crippen molar-refractivity contribution in [2.45, 2.75) is 59.4 Å². The van der Waals surface area contributed by atoms with Crippen LogP contribution in [0.3, 0.4) is 0 Å². The summed E-state index contributed by atoms with van der Waals surface area (Å²) in [6.07, 6.45) is 1.20. The van der Waals surface area contributed by atoms with E-state index in [2.05, 4.69) is 19.2 Å². The molecule has 0 saturated heterocycles. The minimum atomic E-state index is -0.0631. The van der Waals surface area contributed by atoms with Crippen LogP contribution in [0.4, 0.5) is 5.69 Å². The Morgan fingerprint density at radius 2 is 1.73 bits per heavy atom. The number of rotatable bonds is 7. The van der Waals surface area contributed by atoms with E-state index < -0.39 is 0 Å². The Kier molecular flexibility index (Phi) is 7.09. The van der Waals surface area contributed by atoms with Gasteiger partial charge in [-0.1, -0.05) is 32.9 Å². The second-order valence-corrected chi connectivity index (χ2v) is 6.04. The maximum atomic E-state index is 12.0. The Labute approximate surface area is 133 Å². The van der Waals surface area contributed by atoms with Crippen LogP contribution in [0.5, 0.6) is 0 Å². The summed E-state index contributed by atoms with van der Waals surface area (Å²) in [5, 5.41) is 2.88. The molecule has 0 aromatic heterocycles. The number of nitrogens with zero attached hydrogens (tertiary/aromatic N) is 1. The molecule has 0 aliphatic heterocycles. The van der Waals surface area contributed by atoms with Crippen LogP contribution in [0.25, 0.3) is 0 Å². The molecule has 4 nitrogen and oxygen atoms in total. The third kappa shape index (κ3) is 5.51. The molecule has 1 unspecified atom stereocenters. The van der Waals surface area contributed by atoms with E-state index in [0.29, 0.717) is 18.9 Å². The Bertz CT molecular complexity index is 494. The zero-order chi connectivity index (χ0) is 16.7. The van der Waals surface area contributed by atoms with E-state index >= 15 is 0 Å². The first-order valence-electron chi connectivity index (χ1n) is 8.02. The number of hydrogen-bond donors (Lipinski definition) is 1. The first-order chi connectivity index (χ1) is 10.3. The van der Waals surface area contributed by atoms with Crippen LogP contribution >= 0.6 is 0 Å². The smallest absolute Gasteiger partial charge is 0.226 e. The van der Waals surface area contributed by atoms with Crippen molar-refractivity contribution in [1.82, 2.24) is 4.90 Å². The fourth-order valence-electron chi connectivity index (χ4n) is 2.31. The molecule has 0 aliphatic carbocycles. The monoisotopic (exact) mass is 304 g/mol. The van der Waals surface area contributed by atoms with E-state index in [1.807, 2.05) is 38.1 Å². The molecule has 0 bridgehead atoms. The average molecular weight is 304 g/mol. The molecule has 0 aliphatic rings. The first-order valence-corrected chi connectivity index (χ1v) is 8.02. The highest BCUT2D eigenvalue weighted by Gasteiger charge is 2.16. The molecule has 0 radical (unpaired) electrons. The zero-order valence-corrected chi connectivity index (χ0v) is 14.3. The lowest BCUT2D eigenvalue weighted by molar-refractivity contribution is -0.131. The van der Waals surface area contributed by atoms with Gasteiger partial charge in [0.1, 0.15) is 0 Å². The third-order valence-corrected chi connectivity index (χ3v) is 3.97. The summed E-state index contributed by atoms with van der Waals surface area (Å²) >= 11 is 0. The molecular formula is C18H28N2O2. The minimum Gasteiger partial charge on any atom is -0.340 e. The molecule has 1 atom stereocenters. The van der Waals surface area contributed by atoms with Gasteiger partial charge in [-0.2, -0.15) is 0 Å². The highest BCUT2D eigenvalue weighted by molar-refractivity contribution is 5.91. The van der Waals surface area contributed by atoms with E-state index in [-0.39, 0.29) is 17.9 Å². The molecule has 0 saturated carbocycles. The molecule has 1 aromatic rings. The van der Waals surface area contributed by atoms with Crippen molar-refractivity contribution < 1.29 is 9.59 Å². The van der Waals surface area contributed by atoms with Crippen LogP contribution in [0, 0.1) is 0 Å². The largest absolute Gasteiger partial charge is 0.340 e. The first kappa shape index (κ1) is 18.2. The summed E-state index contributed by atoms with van der Waals surface area (Å²) in [7, 11) is 0. The van der Waals surface area contributed by atoms with E-state index in [9.17, 15) is 9.59 Å². The number of carbonyl (C=O) groups excluding carboxylic acids is 2. The normalized spacial score (nSPS) is 12.1. The van der Waals surface area contributed by atoms with Gasteiger partial charge in [0.25, 0.3) is 0 Å². The number of nitrogens with one attached hydrogen (secondary N) is 1. The van der Waals surface area contributed by atoms with Crippen LogP contribution in [-0.2, 0) is 9.59 Å². The standard InChI is InChI=1S/C18H28N2O2/c1-6-14(4)20(15(5)21)12-11-18(22)19-17-9-7-16(8-10-17)13(2)3/h7-10,13-14H,6,11-12H2,1-5H3,(H,19,22). The number of hydrogen-bond acceptors (Lipinski definition) is 2. The molecule has 0 spiro atoms. The number of carbonyl (C=O) groups is 2. The molecule has 1 rings (SSSR count). The topological polar surface area (TPSA) is 49.4 Å². The third-order valence-electron chi connectivity index (χ3n) is 3.97. The highest BCUT2D eigenvalue weighted by Crippen LogP contribution is 2.17. The van der Waals surface area contributed by atoms with Crippen molar-refractivity contribution in [3.63, 3.8) is 0 Å². The predicted molar refractivity (Wildman–Crippen MR) is 90.9 cm³/mol. The van der Waals surface area contributed by atoms with Gasteiger partial charge in [-0.15, -0.1) is 0 Å². The fourth-order valence-corrected chi connectivity index (χ4v) is 2.31. The van der Waals surface area contributed by atoms with Gasteiger partial charge >= 0.3 is 0 Å². The SMILES string of the molecule is CCC(C)N(CCC(=O)Nc1ccc(C(C)C)cc1)C(C)=O. The molecule has 4 heteroatoms. The number of anilines is 1. The van der Waals surface area contributed by atoms with E-state index in [1.54, 1.807) is 11.8 Å². The Morgan fingerprint density at radius 3 is 2.18 bits per heavy atom. The molecule has 122 valence electrons. The number of benzene rings is 1. The quantitative estimate of drug-likeness (QED) is 0.833. The predicted octanol–water partition coefficient (Wildman–Crippen LogP) is 3.79. The summed E-state index contributed by atoms with van der Waals surface area (Å²) in [6, 6.07) is 8.06. The van der Waals surface area contributed by atoms with Gasteiger partial charge in [-0.05, 0) is 37.0 Å².